The molecule has 2 saturated heterocycles. The number of anilines is 2. The Morgan fingerprint density at radius 3 is 2.53 bits per heavy atom. The molecule has 240 valence electrons. The van der Waals surface area contributed by atoms with Crippen LogP contribution in [-0.4, -0.2) is 68.6 Å². The Hall–Kier alpha value is -3.91. The molecule has 0 radical (unpaired) electrons. The number of benzene rings is 1. The van der Waals surface area contributed by atoms with Crippen LogP contribution in [0.25, 0.3) is 5.69 Å². The van der Waals surface area contributed by atoms with Gasteiger partial charge in [-0.3, -0.25) is 14.9 Å². The van der Waals surface area contributed by atoms with Gasteiger partial charge in [0.15, 0.2) is 0 Å². The molecule has 3 N–H and O–H groups in total. The molecule has 15 heteroatoms. The van der Waals surface area contributed by atoms with E-state index < -0.39 is 24.3 Å². The summed E-state index contributed by atoms with van der Waals surface area (Å²) in [4.78, 5) is 34.9. The average Bonchev–Trinajstić information content (AvgIpc) is 3.57. The fraction of sp³-hybridized carbons (Fsp3) is 0.500. The molecule has 1 amide bonds. The number of halogens is 4. The Labute approximate surface area is 262 Å². The van der Waals surface area contributed by atoms with E-state index in [1.807, 2.05) is 4.90 Å². The number of rotatable bonds is 8. The highest BCUT2D eigenvalue weighted by atomic mass is 35.5. The number of alkyl halides is 3. The molecule has 0 bridgehead atoms. The molecule has 2 atom stereocenters. The first-order chi connectivity index (χ1) is 21.4. The van der Waals surface area contributed by atoms with Crippen LogP contribution in [0, 0.1) is 18.3 Å². The minimum Gasteiger partial charge on any atom is -0.480 e. The lowest BCUT2D eigenvalue weighted by Crippen LogP contribution is -2.41. The van der Waals surface area contributed by atoms with E-state index in [9.17, 15) is 27.9 Å². The number of hydrogen-bond acceptors (Lipinski definition) is 8. The van der Waals surface area contributed by atoms with Gasteiger partial charge in [0.2, 0.25) is 23.8 Å². The van der Waals surface area contributed by atoms with Crippen molar-refractivity contribution in [3.8, 4) is 11.6 Å². The summed E-state index contributed by atoms with van der Waals surface area (Å²) in [5.74, 6) is -1.58. The van der Waals surface area contributed by atoms with Crippen LogP contribution in [0.15, 0.2) is 36.5 Å². The Bertz CT molecular complexity index is 1590. The number of piperidine rings is 1. The third-order valence-corrected chi connectivity index (χ3v) is 9.22. The zero-order valence-corrected chi connectivity index (χ0v) is 25.2. The number of aromatic nitrogens is 4. The van der Waals surface area contributed by atoms with Crippen molar-refractivity contribution < 1.29 is 32.6 Å². The highest BCUT2D eigenvalue weighted by Crippen LogP contribution is 2.42. The quantitative estimate of drug-likeness (QED) is 0.306. The van der Waals surface area contributed by atoms with Crippen molar-refractivity contribution in [2.24, 2.45) is 11.3 Å². The first kappa shape index (κ1) is 31.1. The first-order valence-electron chi connectivity index (χ1n) is 14.9. The van der Waals surface area contributed by atoms with Gasteiger partial charge in [0.25, 0.3) is 0 Å². The molecular formula is C30H33ClF3N7O4. The van der Waals surface area contributed by atoms with Crippen LogP contribution in [0.3, 0.4) is 0 Å². The number of nitrogens with one attached hydrogen (secondary N) is 2. The monoisotopic (exact) mass is 647 g/mol. The number of carboxylic acid groups (broad SMARTS) is 1. The number of hydrogen-bond donors (Lipinski definition) is 3. The predicted octanol–water partition coefficient (Wildman–Crippen LogP) is 5.08. The smallest absolute Gasteiger partial charge is 0.429 e. The number of aryl methyl sites for hydroxylation is 1. The minimum absolute atomic E-state index is 0.0943. The molecule has 3 aromatic rings. The first-order valence-corrected chi connectivity index (χ1v) is 15.2. The van der Waals surface area contributed by atoms with Crippen molar-refractivity contribution in [1.29, 1.82) is 0 Å². The summed E-state index contributed by atoms with van der Waals surface area (Å²) in [5, 5.41) is 19.7. The summed E-state index contributed by atoms with van der Waals surface area (Å²) in [5.41, 5.74) is 0.284. The Balaban J connectivity index is 1.31. The van der Waals surface area contributed by atoms with E-state index in [0.29, 0.717) is 50.4 Å². The fourth-order valence-corrected chi connectivity index (χ4v) is 6.34. The standard InChI is InChI=1S/C30H33ClF3N7O4/c1-17-7-10-41(39-17)22-13-19(31)5-6-20(22)25(30(32,33)34)45-24-14-23(36-28(37-24)38-26(42)18-3-2-4-18)40-11-8-29(9-12-40)15-21(27(43)44)35-16-29/h5-7,10,13-14,18,21,25,35H,2-4,8-9,11-12,15-16H2,1H3,(H,43,44)(H,36,37,38,42)/t21-,25+/m0/s1. The summed E-state index contributed by atoms with van der Waals surface area (Å²) < 4.78 is 51.1. The lowest BCUT2D eigenvalue weighted by Gasteiger charge is -2.39. The molecule has 1 saturated carbocycles. The molecule has 45 heavy (non-hydrogen) atoms. The second kappa shape index (κ2) is 12.1. The van der Waals surface area contributed by atoms with Crippen molar-refractivity contribution >= 4 is 35.2 Å². The summed E-state index contributed by atoms with van der Waals surface area (Å²) in [7, 11) is 0. The van der Waals surface area contributed by atoms with E-state index in [0.717, 1.165) is 19.3 Å². The van der Waals surface area contributed by atoms with Crippen LogP contribution in [0.1, 0.15) is 55.9 Å². The van der Waals surface area contributed by atoms with E-state index in [-0.39, 0.29) is 45.3 Å². The van der Waals surface area contributed by atoms with E-state index in [2.05, 4.69) is 25.7 Å². The molecule has 1 aliphatic carbocycles. The Morgan fingerprint density at radius 2 is 1.93 bits per heavy atom. The molecule has 3 fully saturated rings. The number of carboxylic acids is 1. The van der Waals surface area contributed by atoms with Crippen molar-refractivity contribution in [2.75, 3.05) is 29.9 Å². The molecule has 2 aromatic heterocycles. The predicted molar refractivity (Wildman–Crippen MR) is 159 cm³/mol. The second-order valence-electron chi connectivity index (χ2n) is 12.1. The van der Waals surface area contributed by atoms with Gasteiger partial charge in [0.05, 0.1) is 11.4 Å². The zero-order valence-electron chi connectivity index (χ0n) is 24.5. The Morgan fingerprint density at radius 1 is 1.18 bits per heavy atom. The topological polar surface area (TPSA) is 134 Å². The van der Waals surface area contributed by atoms with Gasteiger partial charge in [-0.25, -0.2) is 4.68 Å². The molecule has 1 spiro atoms. The lowest BCUT2D eigenvalue weighted by atomic mass is 9.76. The zero-order chi connectivity index (χ0) is 31.9. The summed E-state index contributed by atoms with van der Waals surface area (Å²) >= 11 is 6.18. The number of amides is 1. The number of carbonyl (C=O) groups excluding carboxylic acids is 1. The molecule has 6 rings (SSSR count). The van der Waals surface area contributed by atoms with E-state index in [1.54, 1.807) is 13.0 Å². The maximum Gasteiger partial charge on any atom is 0.429 e. The van der Waals surface area contributed by atoms with Gasteiger partial charge in [-0.05, 0) is 62.6 Å². The van der Waals surface area contributed by atoms with Crippen LogP contribution < -0.4 is 20.3 Å². The molecular weight excluding hydrogens is 615 g/mol. The van der Waals surface area contributed by atoms with Crippen molar-refractivity contribution in [3.63, 3.8) is 0 Å². The fourth-order valence-electron chi connectivity index (χ4n) is 6.17. The van der Waals surface area contributed by atoms with Crippen molar-refractivity contribution in [1.82, 2.24) is 25.1 Å². The van der Waals surface area contributed by atoms with Gasteiger partial charge in [0, 0.05) is 48.4 Å². The van der Waals surface area contributed by atoms with Crippen LogP contribution in [0.2, 0.25) is 5.02 Å². The van der Waals surface area contributed by atoms with Gasteiger partial charge >= 0.3 is 12.1 Å². The molecule has 2 aliphatic heterocycles. The molecule has 4 heterocycles. The molecule has 1 aromatic carbocycles. The van der Waals surface area contributed by atoms with Crippen LogP contribution in [0.5, 0.6) is 5.88 Å². The third-order valence-electron chi connectivity index (χ3n) is 8.99. The maximum atomic E-state index is 14.7. The van der Waals surface area contributed by atoms with Crippen LogP contribution in [0.4, 0.5) is 24.9 Å². The highest BCUT2D eigenvalue weighted by Gasteiger charge is 2.46. The highest BCUT2D eigenvalue weighted by molar-refractivity contribution is 6.30. The van der Waals surface area contributed by atoms with Crippen LogP contribution >= 0.6 is 11.6 Å². The van der Waals surface area contributed by atoms with Crippen LogP contribution in [-0.2, 0) is 9.59 Å². The average molecular weight is 648 g/mol. The lowest BCUT2D eigenvalue weighted by molar-refractivity contribution is -0.198. The van der Waals surface area contributed by atoms with Gasteiger partial charge in [-0.15, -0.1) is 0 Å². The van der Waals surface area contributed by atoms with Crippen molar-refractivity contribution in [2.45, 2.75) is 63.8 Å². The van der Waals surface area contributed by atoms with Gasteiger partial charge in [-0.2, -0.15) is 28.2 Å². The van der Waals surface area contributed by atoms with E-state index in [1.165, 1.54) is 35.1 Å². The molecule has 11 nitrogen and oxygen atoms in total. The molecule has 3 aliphatic rings. The summed E-state index contributed by atoms with van der Waals surface area (Å²) in [6, 6.07) is 6.39. The van der Waals surface area contributed by atoms with E-state index in [4.69, 9.17) is 16.3 Å². The van der Waals surface area contributed by atoms with Crippen molar-refractivity contribution in [3.05, 3.63) is 52.8 Å². The Kier molecular flexibility index (Phi) is 8.37. The van der Waals surface area contributed by atoms with Gasteiger partial charge in [0.1, 0.15) is 11.9 Å². The number of ether oxygens (including phenoxy) is 1. The molecule has 0 unspecified atom stereocenters. The number of nitrogens with zero attached hydrogens (tertiary/aromatic N) is 5. The SMILES string of the molecule is Cc1ccn(-c2cc(Cl)ccc2[C@@H](Oc2cc(N3CCC4(CC3)CN[C@H](C(=O)O)C4)nc(NC(=O)C3CCC3)n2)C(F)(F)F)n1. The number of aliphatic carboxylic acids is 1. The van der Waals surface area contributed by atoms with E-state index >= 15 is 0 Å². The minimum atomic E-state index is -4.86. The largest absolute Gasteiger partial charge is 0.480 e. The summed E-state index contributed by atoms with van der Waals surface area (Å²) in [6.45, 7) is 3.27. The second-order valence-corrected chi connectivity index (χ2v) is 12.5. The number of carbonyl (C=O) groups is 2. The van der Waals surface area contributed by atoms with Gasteiger partial charge in [-0.1, -0.05) is 24.1 Å². The summed E-state index contributed by atoms with van der Waals surface area (Å²) in [6.07, 6.45) is -1.58. The van der Waals surface area contributed by atoms with Gasteiger partial charge < -0.3 is 20.1 Å². The maximum absolute atomic E-state index is 14.7. The third kappa shape index (κ3) is 6.71. The normalized spacial score (nSPS) is 20.6.